The third-order valence-electron chi connectivity index (χ3n) is 4.95. The van der Waals surface area contributed by atoms with Crippen molar-refractivity contribution >= 4 is 15.9 Å². The van der Waals surface area contributed by atoms with Crippen LogP contribution in [-0.4, -0.2) is 32.5 Å². The predicted octanol–water partition coefficient (Wildman–Crippen LogP) is 3.60. The predicted molar refractivity (Wildman–Crippen MR) is 87.5 cm³/mol. The molecule has 0 saturated carbocycles. The van der Waals surface area contributed by atoms with Gasteiger partial charge in [-0.1, -0.05) is 22.0 Å². The lowest BCUT2D eigenvalue weighted by Gasteiger charge is -2.40. The monoisotopic (exact) mass is 353 g/mol. The Labute approximate surface area is 135 Å². The fourth-order valence-electron chi connectivity index (χ4n) is 3.85. The highest BCUT2D eigenvalue weighted by Crippen LogP contribution is 2.41. The molecule has 3 atom stereocenters. The number of hydrogen-bond acceptors (Lipinski definition) is 3. The minimum absolute atomic E-state index is 0.0265. The molecule has 0 aromatic heterocycles. The number of halogens is 1. The van der Waals surface area contributed by atoms with Crippen LogP contribution in [0.5, 0.6) is 0 Å². The van der Waals surface area contributed by atoms with Crippen molar-refractivity contribution in [1.29, 1.82) is 0 Å². The highest BCUT2D eigenvalue weighted by Gasteiger charge is 2.43. The summed E-state index contributed by atoms with van der Waals surface area (Å²) in [6.07, 6.45) is 3.25. The lowest BCUT2D eigenvalue weighted by atomic mass is 9.78. The highest BCUT2D eigenvalue weighted by molar-refractivity contribution is 9.10. The van der Waals surface area contributed by atoms with Gasteiger partial charge >= 0.3 is 0 Å². The third kappa shape index (κ3) is 3.19. The molecule has 2 aliphatic rings. The first-order valence-corrected chi connectivity index (χ1v) is 8.58. The van der Waals surface area contributed by atoms with Crippen LogP contribution in [0.1, 0.15) is 36.4 Å². The molecular formula is C17H24BrNO2. The molecule has 3 unspecified atom stereocenters. The van der Waals surface area contributed by atoms with E-state index in [9.17, 15) is 0 Å². The third-order valence-corrected chi connectivity index (χ3v) is 5.44. The summed E-state index contributed by atoms with van der Waals surface area (Å²) in [5, 5.41) is 3.54. The quantitative estimate of drug-likeness (QED) is 0.900. The van der Waals surface area contributed by atoms with E-state index in [4.69, 9.17) is 9.47 Å². The van der Waals surface area contributed by atoms with Crippen LogP contribution in [0.2, 0.25) is 0 Å². The minimum Gasteiger partial charge on any atom is -0.378 e. The summed E-state index contributed by atoms with van der Waals surface area (Å²) in [6.45, 7) is 4.65. The molecule has 2 saturated heterocycles. The molecule has 0 radical (unpaired) electrons. The Morgan fingerprint density at radius 1 is 1.38 bits per heavy atom. The molecule has 1 spiro atoms. The average Bonchev–Trinajstić information content (AvgIpc) is 2.90. The van der Waals surface area contributed by atoms with E-state index in [1.807, 2.05) is 0 Å². The molecule has 1 N–H and O–H groups in total. The maximum atomic E-state index is 6.08. The highest BCUT2D eigenvalue weighted by atomic mass is 79.9. The van der Waals surface area contributed by atoms with E-state index in [1.54, 1.807) is 0 Å². The molecule has 2 fully saturated rings. The second-order valence-electron chi connectivity index (χ2n) is 6.35. The van der Waals surface area contributed by atoms with E-state index in [2.05, 4.69) is 53.4 Å². The number of rotatable bonds is 3. The van der Waals surface area contributed by atoms with E-state index in [0.29, 0.717) is 12.0 Å². The molecule has 21 heavy (non-hydrogen) atoms. The van der Waals surface area contributed by atoms with Crippen LogP contribution in [0.4, 0.5) is 0 Å². The van der Waals surface area contributed by atoms with Gasteiger partial charge < -0.3 is 14.8 Å². The Bertz CT molecular complexity index is 500. The van der Waals surface area contributed by atoms with Crippen molar-refractivity contribution in [3.63, 3.8) is 0 Å². The normalized spacial score (nSPS) is 30.7. The maximum absolute atomic E-state index is 6.08. The van der Waals surface area contributed by atoms with Crippen LogP contribution in [0.15, 0.2) is 22.7 Å². The Morgan fingerprint density at radius 2 is 2.24 bits per heavy atom. The van der Waals surface area contributed by atoms with Gasteiger partial charge in [0, 0.05) is 30.1 Å². The van der Waals surface area contributed by atoms with Gasteiger partial charge in [0.05, 0.1) is 12.2 Å². The second kappa shape index (κ2) is 6.37. The molecule has 2 aliphatic heterocycles. The first-order chi connectivity index (χ1) is 10.1. The van der Waals surface area contributed by atoms with Gasteiger partial charge in [0.1, 0.15) is 0 Å². The van der Waals surface area contributed by atoms with Crippen molar-refractivity contribution < 1.29 is 9.47 Å². The average molecular weight is 354 g/mol. The molecule has 1 aromatic rings. The molecule has 0 amide bonds. The van der Waals surface area contributed by atoms with Crippen LogP contribution in [0, 0.1) is 12.8 Å². The van der Waals surface area contributed by atoms with Gasteiger partial charge in [-0.25, -0.2) is 0 Å². The summed E-state index contributed by atoms with van der Waals surface area (Å²) < 4.78 is 12.8. The Hall–Kier alpha value is -0.420. The summed E-state index contributed by atoms with van der Waals surface area (Å²) in [4.78, 5) is 0. The first kappa shape index (κ1) is 15.5. The summed E-state index contributed by atoms with van der Waals surface area (Å²) >= 11 is 3.56. The van der Waals surface area contributed by atoms with E-state index in [0.717, 1.165) is 43.6 Å². The second-order valence-corrected chi connectivity index (χ2v) is 7.27. The van der Waals surface area contributed by atoms with Crippen molar-refractivity contribution in [2.75, 3.05) is 26.9 Å². The smallest absolute Gasteiger partial charge is 0.0940 e. The van der Waals surface area contributed by atoms with Gasteiger partial charge in [-0.15, -0.1) is 0 Å². The fraction of sp³-hybridized carbons (Fsp3) is 0.647. The Kier molecular flexibility index (Phi) is 4.69. The van der Waals surface area contributed by atoms with Crippen LogP contribution < -0.4 is 5.32 Å². The lowest BCUT2D eigenvalue weighted by molar-refractivity contribution is -0.103. The van der Waals surface area contributed by atoms with Crippen molar-refractivity contribution in [1.82, 2.24) is 5.32 Å². The lowest BCUT2D eigenvalue weighted by Crippen LogP contribution is -2.43. The molecule has 4 heteroatoms. The first-order valence-electron chi connectivity index (χ1n) is 7.79. The Balaban J connectivity index is 1.82. The summed E-state index contributed by atoms with van der Waals surface area (Å²) in [7, 11) is 2.07. The molecule has 1 aromatic carbocycles. The standard InChI is InChI=1S/C17H24BrNO2/c1-12-9-14(18)3-4-15(12)16(19-2)13-5-7-21-17(10-13)6-8-20-11-17/h3-4,9,13,16,19H,5-8,10-11H2,1-2H3. The van der Waals surface area contributed by atoms with Crippen molar-refractivity contribution in [2.45, 2.75) is 37.8 Å². The largest absolute Gasteiger partial charge is 0.378 e. The molecule has 2 heterocycles. The van der Waals surface area contributed by atoms with Crippen molar-refractivity contribution in [3.05, 3.63) is 33.8 Å². The molecule has 0 aliphatic carbocycles. The van der Waals surface area contributed by atoms with Crippen molar-refractivity contribution in [2.24, 2.45) is 5.92 Å². The van der Waals surface area contributed by atoms with Gasteiger partial charge in [-0.3, -0.25) is 0 Å². The fourth-order valence-corrected chi connectivity index (χ4v) is 4.32. The zero-order chi connectivity index (χ0) is 14.9. The van der Waals surface area contributed by atoms with Gasteiger partial charge in [-0.2, -0.15) is 0 Å². The maximum Gasteiger partial charge on any atom is 0.0940 e. The minimum atomic E-state index is -0.0265. The molecular weight excluding hydrogens is 330 g/mol. The van der Waals surface area contributed by atoms with Gasteiger partial charge in [-0.05, 0) is 56.0 Å². The van der Waals surface area contributed by atoms with Crippen LogP contribution >= 0.6 is 15.9 Å². The molecule has 3 rings (SSSR count). The van der Waals surface area contributed by atoms with E-state index in [-0.39, 0.29) is 5.60 Å². The molecule has 3 nitrogen and oxygen atoms in total. The zero-order valence-corrected chi connectivity index (χ0v) is 14.4. The number of benzene rings is 1. The zero-order valence-electron chi connectivity index (χ0n) is 12.8. The van der Waals surface area contributed by atoms with Crippen LogP contribution in [0.3, 0.4) is 0 Å². The van der Waals surface area contributed by atoms with E-state index < -0.39 is 0 Å². The number of nitrogens with one attached hydrogen (secondary N) is 1. The van der Waals surface area contributed by atoms with E-state index in [1.165, 1.54) is 11.1 Å². The van der Waals surface area contributed by atoms with Gasteiger partial charge in [0.25, 0.3) is 0 Å². The number of ether oxygens (including phenoxy) is 2. The van der Waals surface area contributed by atoms with Crippen LogP contribution in [-0.2, 0) is 9.47 Å². The Morgan fingerprint density at radius 3 is 2.90 bits per heavy atom. The van der Waals surface area contributed by atoms with Crippen LogP contribution in [0.25, 0.3) is 0 Å². The van der Waals surface area contributed by atoms with Crippen molar-refractivity contribution in [3.8, 4) is 0 Å². The molecule has 0 bridgehead atoms. The van der Waals surface area contributed by atoms with E-state index >= 15 is 0 Å². The summed E-state index contributed by atoms with van der Waals surface area (Å²) in [6, 6.07) is 6.97. The summed E-state index contributed by atoms with van der Waals surface area (Å²) in [5.74, 6) is 0.602. The van der Waals surface area contributed by atoms with Gasteiger partial charge in [0.2, 0.25) is 0 Å². The topological polar surface area (TPSA) is 30.5 Å². The number of hydrogen-bond donors (Lipinski definition) is 1. The SMILES string of the molecule is CNC(c1ccc(Br)cc1C)C1CCOC2(CCOC2)C1. The van der Waals surface area contributed by atoms with Gasteiger partial charge in [0.15, 0.2) is 0 Å². The number of aryl methyl sites for hydroxylation is 1. The summed E-state index contributed by atoms with van der Waals surface area (Å²) in [5.41, 5.74) is 2.72. The molecule has 116 valence electrons.